The molecule has 1 aromatic heterocycles. The maximum absolute atomic E-state index is 3.63. The van der Waals surface area contributed by atoms with Crippen LogP contribution in [0.25, 0.3) is 10.9 Å². The average molecular weight is 229 g/mol. The predicted octanol–water partition coefficient (Wildman–Crippen LogP) is 1.96. The van der Waals surface area contributed by atoms with Gasteiger partial charge in [0, 0.05) is 30.8 Å². The molecule has 0 bridgehead atoms. The first-order chi connectivity index (χ1) is 8.31. The van der Waals surface area contributed by atoms with Crippen molar-refractivity contribution < 1.29 is 0 Å². The van der Waals surface area contributed by atoms with Crippen molar-refractivity contribution in [2.24, 2.45) is 0 Å². The minimum Gasteiger partial charge on any atom is -0.361 e. The van der Waals surface area contributed by atoms with Gasteiger partial charge < -0.3 is 15.2 Å². The van der Waals surface area contributed by atoms with Crippen molar-refractivity contribution in [3.63, 3.8) is 0 Å². The number of hydrogen-bond acceptors (Lipinski definition) is 2. The summed E-state index contributed by atoms with van der Waals surface area (Å²) in [7, 11) is 2.19. The first kappa shape index (κ1) is 10.8. The van der Waals surface area contributed by atoms with Gasteiger partial charge in [-0.3, -0.25) is 0 Å². The molecule has 1 aromatic carbocycles. The van der Waals surface area contributed by atoms with Crippen LogP contribution in [-0.4, -0.2) is 36.1 Å². The van der Waals surface area contributed by atoms with Gasteiger partial charge in [-0.1, -0.05) is 6.07 Å². The molecule has 2 aromatic rings. The third-order valence-corrected chi connectivity index (χ3v) is 3.60. The molecule has 1 unspecified atom stereocenters. The summed E-state index contributed by atoms with van der Waals surface area (Å²) in [4.78, 5) is 5.60. The minimum absolute atomic E-state index is 0.655. The van der Waals surface area contributed by atoms with Crippen molar-refractivity contribution in [1.82, 2.24) is 15.2 Å². The van der Waals surface area contributed by atoms with Crippen molar-refractivity contribution >= 4 is 10.9 Å². The largest absolute Gasteiger partial charge is 0.361 e. The Morgan fingerprint density at radius 1 is 1.41 bits per heavy atom. The minimum atomic E-state index is 0.655. The molecule has 0 radical (unpaired) electrons. The Kier molecular flexibility index (Phi) is 2.87. The van der Waals surface area contributed by atoms with E-state index in [1.54, 1.807) is 0 Å². The summed E-state index contributed by atoms with van der Waals surface area (Å²) in [5.74, 6) is 0. The van der Waals surface area contributed by atoms with Crippen molar-refractivity contribution in [3.8, 4) is 0 Å². The van der Waals surface area contributed by atoms with E-state index < -0.39 is 0 Å². The molecule has 0 aliphatic carbocycles. The van der Waals surface area contributed by atoms with E-state index in [9.17, 15) is 0 Å². The molecule has 90 valence electrons. The number of aromatic nitrogens is 1. The molecule has 0 saturated carbocycles. The zero-order chi connectivity index (χ0) is 11.7. The van der Waals surface area contributed by atoms with E-state index in [-0.39, 0.29) is 0 Å². The van der Waals surface area contributed by atoms with Gasteiger partial charge in [-0.25, -0.2) is 0 Å². The topological polar surface area (TPSA) is 31.1 Å². The van der Waals surface area contributed by atoms with Crippen LogP contribution in [0.4, 0.5) is 0 Å². The van der Waals surface area contributed by atoms with Crippen LogP contribution in [0.1, 0.15) is 12.0 Å². The van der Waals surface area contributed by atoms with E-state index in [1.807, 2.05) is 6.20 Å². The summed E-state index contributed by atoms with van der Waals surface area (Å²) < 4.78 is 0. The molecule has 1 fully saturated rings. The molecule has 3 rings (SSSR count). The zero-order valence-electron chi connectivity index (χ0n) is 10.2. The lowest BCUT2D eigenvalue weighted by Gasteiger charge is -2.12. The van der Waals surface area contributed by atoms with Crippen LogP contribution >= 0.6 is 0 Å². The van der Waals surface area contributed by atoms with Crippen LogP contribution in [0.2, 0.25) is 0 Å². The van der Waals surface area contributed by atoms with Crippen molar-refractivity contribution in [3.05, 3.63) is 36.0 Å². The lowest BCUT2D eigenvalue weighted by Crippen LogP contribution is -2.30. The summed E-state index contributed by atoms with van der Waals surface area (Å²) in [6.07, 6.45) is 3.26. The fraction of sp³-hybridized carbons (Fsp3) is 0.429. The maximum atomic E-state index is 3.63. The van der Waals surface area contributed by atoms with Crippen molar-refractivity contribution in [2.45, 2.75) is 19.0 Å². The van der Waals surface area contributed by atoms with E-state index in [1.165, 1.54) is 36.0 Å². The summed E-state index contributed by atoms with van der Waals surface area (Å²) >= 11 is 0. The number of likely N-dealkylation sites (N-methyl/N-ethyl adjacent to an activating group) is 1. The monoisotopic (exact) mass is 229 g/mol. The van der Waals surface area contributed by atoms with E-state index in [0.717, 1.165) is 6.54 Å². The number of rotatable bonds is 3. The van der Waals surface area contributed by atoms with Crippen LogP contribution in [0.15, 0.2) is 30.5 Å². The summed E-state index contributed by atoms with van der Waals surface area (Å²) in [5.41, 5.74) is 2.58. The number of hydrogen-bond donors (Lipinski definition) is 2. The Morgan fingerprint density at radius 3 is 3.18 bits per heavy atom. The number of nitrogens with one attached hydrogen (secondary N) is 2. The fourth-order valence-corrected chi connectivity index (χ4v) is 2.58. The van der Waals surface area contributed by atoms with E-state index in [0.29, 0.717) is 6.04 Å². The second-order valence-electron chi connectivity index (χ2n) is 5.03. The highest BCUT2D eigenvalue weighted by Crippen LogP contribution is 2.15. The Hall–Kier alpha value is -1.32. The molecule has 0 spiro atoms. The van der Waals surface area contributed by atoms with Crippen LogP contribution in [0.3, 0.4) is 0 Å². The molecule has 17 heavy (non-hydrogen) atoms. The number of benzene rings is 1. The third-order valence-electron chi connectivity index (χ3n) is 3.60. The van der Waals surface area contributed by atoms with Gasteiger partial charge in [0.1, 0.15) is 0 Å². The Bertz CT molecular complexity index is 503. The summed E-state index contributed by atoms with van der Waals surface area (Å²) in [6.45, 7) is 3.36. The highest BCUT2D eigenvalue weighted by Gasteiger charge is 2.18. The van der Waals surface area contributed by atoms with E-state index in [2.05, 4.69) is 46.5 Å². The lowest BCUT2D eigenvalue weighted by atomic mass is 10.1. The quantitative estimate of drug-likeness (QED) is 0.843. The fourth-order valence-electron chi connectivity index (χ4n) is 2.58. The van der Waals surface area contributed by atoms with Gasteiger partial charge in [-0.15, -0.1) is 0 Å². The van der Waals surface area contributed by atoms with Crippen LogP contribution in [0.5, 0.6) is 0 Å². The van der Waals surface area contributed by atoms with Crippen molar-refractivity contribution in [1.29, 1.82) is 0 Å². The SMILES string of the molecule is CN1CCC(NCc2ccc3[nH]ccc3c2)C1. The number of H-pyrrole nitrogens is 1. The Labute approximate surface area is 102 Å². The lowest BCUT2D eigenvalue weighted by molar-refractivity contribution is 0.398. The summed E-state index contributed by atoms with van der Waals surface area (Å²) in [5, 5.41) is 4.93. The van der Waals surface area contributed by atoms with Crippen LogP contribution in [-0.2, 0) is 6.54 Å². The molecular weight excluding hydrogens is 210 g/mol. The number of nitrogens with zero attached hydrogens (tertiary/aromatic N) is 1. The summed E-state index contributed by atoms with van der Waals surface area (Å²) in [6, 6.07) is 9.40. The van der Waals surface area contributed by atoms with Gasteiger partial charge in [0.2, 0.25) is 0 Å². The molecule has 3 heteroatoms. The highest BCUT2D eigenvalue weighted by molar-refractivity contribution is 5.79. The molecule has 0 amide bonds. The normalized spacial score (nSPS) is 21.4. The number of fused-ring (bicyclic) bond motifs is 1. The molecule has 3 nitrogen and oxygen atoms in total. The average Bonchev–Trinajstić information content (AvgIpc) is 2.94. The molecule has 2 heterocycles. The smallest absolute Gasteiger partial charge is 0.0454 e. The van der Waals surface area contributed by atoms with Gasteiger partial charge in [0.05, 0.1) is 0 Å². The van der Waals surface area contributed by atoms with E-state index >= 15 is 0 Å². The highest BCUT2D eigenvalue weighted by atomic mass is 15.2. The molecule has 1 atom stereocenters. The van der Waals surface area contributed by atoms with Crippen LogP contribution in [0, 0.1) is 0 Å². The van der Waals surface area contributed by atoms with Gasteiger partial charge in [0.15, 0.2) is 0 Å². The Morgan fingerprint density at radius 2 is 2.35 bits per heavy atom. The zero-order valence-corrected chi connectivity index (χ0v) is 10.2. The maximum Gasteiger partial charge on any atom is 0.0454 e. The first-order valence-electron chi connectivity index (χ1n) is 6.29. The molecular formula is C14H19N3. The second kappa shape index (κ2) is 4.51. The van der Waals surface area contributed by atoms with Gasteiger partial charge in [-0.05, 0) is 49.2 Å². The van der Waals surface area contributed by atoms with Crippen molar-refractivity contribution in [2.75, 3.05) is 20.1 Å². The molecule has 1 aliphatic heterocycles. The van der Waals surface area contributed by atoms with Gasteiger partial charge in [0.25, 0.3) is 0 Å². The van der Waals surface area contributed by atoms with Crippen LogP contribution < -0.4 is 5.32 Å². The van der Waals surface area contributed by atoms with E-state index in [4.69, 9.17) is 0 Å². The Balaban J connectivity index is 1.64. The predicted molar refractivity (Wildman–Crippen MR) is 71.0 cm³/mol. The molecule has 1 saturated heterocycles. The van der Waals surface area contributed by atoms with Gasteiger partial charge in [-0.2, -0.15) is 0 Å². The first-order valence-corrected chi connectivity index (χ1v) is 6.29. The number of likely N-dealkylation sites (tertiary alicyclic amines) is 1. The number of aromatic amines is 1. The molecule has 1 aliphatic rings. The standard InChI is InChI=1S/C14H19N3/c1-17-7-5-13(10-17)16-9-11-2-3-14-12(8-11)4-6-15-14/h2-4,6,8,13,15-16H,5,7,9-10H2,1H3. The molecule has 2 N–H and O–H groups in total. The second-order valence-corrected chi connectivity index (χ2v) is 5.03. The van der Waals surface area contributed by atoms with Gasteiger partial charge >= 0.3 is 0 Å². The third kappa shape index (κ3) is 2.35.